The Labute approximate surface area is 193 Å². The van der Waals surface area contributed by atoms with Crippen LogP contribution in [-0.2, 0) is 13.0 Å². The summed E-state index contributed by atoms with van der Waals surface area (Å²) in [5, 5.41) is 14.3. The maximum atomic E-state index is 9.95. The molecule has 0 atom stereocenters. The van der Waals surface area contributed by atoms with Crippen LogP contribution in [0.4, 0.5) is 5.13 Å². The number of hydrogen-bond acceptors (Lipinski definition) is 7. The van der Waals surface area contributed by atoms with Crippen molar-refractivity contribution in [2.45, 2.75) is 26.8 Å². The Balaban J connectivity index is 0.00000300. The van der Waals surface area contributed by atoms with E-state index in [1.54, 1.807) is 19.2 Å². The second kappa shape index (κ2) is 11.4. The summed E-state index contributed by atoms with van der Waals surface area (Å²) in [6, 6.07) is 5.38. The normalized spacial score (nSPS) is 14.5. The molecule has 1 aliphatic rings. The van der Waals surface area contributed by atoms with Crippen molar-refractivity contribution >= 4 is 46.6 Å². The van der Waals surface area contributed by atoms with E-state index in [1.165, 1.54) is 11.5 Å². The van der Waals surface area contributed by atoms with E-state index < -0.39 is 0 Å². The van der Waals surface area contributed by atoms with Crippen LogP contribution in [-0.4, -0.2) is 65.2 Å². The Bertz CT molecular complexity index is 808. The number of aromatic nitrogens is 2. The molecule has 1 aliphatic heterocycles. The molecule has 0 amide bonds. The summed E-state index contributed by atoms with van der Waals surface area (Å²) in [6.45, 7) is 8.99. The van der Waals surface area contributed by atoms with Gasteiger partial charge in [-0.1, -0.05) is 13.0 Å². The Morgan fingerprint density at radius 1 is 1.28 bits per heavy atom. The molecule has 0 spiro atoms. The van der Waals surface area contributed by atoms with E-state index in [9.17, 15) is 5.11 Å². The van der Waals surface area contributed by atoms with Gasteiger partial charge in [-0.05, 0) is 24.6 Å². The predicted molar refractivity (Wildman–Crippen MR) is 128 cm³/mol. The van der Waals surface area contributed by atoms with Crippen molar-refractivity contribution in [2.75, 3.05) is 44.7 Å². The average molecular weight is 532 g/mol. The summed E-state index contributed by atoms with van der Waals surface area (Å²) in [6.07, 6.45) is 0.870. The zero-order chi connectivity index (χ0) is 19.9. The Morgan fingerprint density at radius 2 is 2.03 bits per heavy atom. The van der Waals surface area contributed by atoms with E-state index in [4.69, 9.17) is 9.73 Å². The van der Waals surface area contributed by atoms with Crippen LogP contribution in [0.1, 0.15) is 25.2 Å². The number of aryl methyl sites for hydroxylation is 1. The van der Waals surface area contributed by atoms with Crippen LogP contribution in [0, 0.1) is 0 Å². The van der Waals surface area contributed by atoms with E-state index in [-0.39, 0.29) is 29.7 Å². The molecule has 1 aromatic carbocycles. The molecule has 0 radical (unpaired) electrons. The van der Waals surface area contributed by atoms with Crippen LogP contribution < -0.4 is 15.0 Å². The largest absolute Gasteiger partial charge is 0.504 e. The molecule has 2 heterocycles. The zero-order valence-corrected chi connectivity index (χ0v) is 20.2. The molecule has 1 aromatic heterocycles. The Morgan fingerprint density at radius 3 is 2.62 bits per heavy atom. The SMILES string of the molecule is CCNC(=NCc1ccc(OC)c(O)c1)N1CCN(c2nc(CC)ns2)CC1.I. The van der Waals surface area contributed by atoms with Gasteiger partial charge in [0.05, 0.1) is 13.7 Å². The number of aliphatic imine (C=N–C) groups is 1. The van der Waals surface area contributed by atoms with Crippen molar-refractivity contribution in [2.24, 2.45) is 4.99 Å². The summed E-state index contributed by atoms with van der Waals surface area (Å²) < 4.78 is 9.48. The summed E-state index contributed by atoms with van der Waals surface area (Å²) in [5.41, 5.74) is 0.938. The first-order valence-electron chi connectivity index (χ1n) is 9.61. The second-order valence-corrected chi connectivity index (χ2v) is 7.23. The number of benzene rings is 1. The molecule has 0 bridgehead atoms. The molecule has 0 unspecified atom stereocenters. The number of anilines is 1. The quantitative estimate of drug-likeness (QED) is 0.336. The number of rotatable bonds is 6. The van der Waals surface area contributed by atoms with Crippen molar-refractivity contribution in [3.8, 4) is 11.5 Å². The highest BCUT2D eigenvalue weighted by Gasteiger charge is 2.22. The highest BCUT2D eigenvalue weighted by atomic mass is 127. The van der Waals surface area contributed by atoms with Crippen LogP contribution >= 0.6 is 35.5 Å². The number of phenols is 1. The third kappa shape index (κ3) is 6.08. The molecule has 2 N–H and O–H groups in total. The number of nitrogens with zero attached hydrogens (tertiary/aromatic N) is 5. The first kappa shape index (κ1) is 23.5. The zero-order valence-electron chi connectivity index (χ0n) is 17.1. The standard InChI is InChI=1S/C19H28N6O2S.HI/c1-4-17-22-19(28-23-17)25-10-8-24(9-11-25)18(20-5-2)21-13-14-6-7-16(27-3)15(26)12-14;/h6-7,12,26H,4-5,8-11,13H2,1-3H3,(H,20,21);1H. The van der Waals surface area contributed by atoms with Crippen LogP contribution in [0.3, 0.4) is 0 Å². The number of nitrogens with one attached hydrogen (secondary N) is 1. The van der Waals surface area contributed by atoms with Gasteiger partial charge in [-0.25, -0.2) is 9.98 Å². The molecule has 10 heteroatoms. The van der Waals surface area contributed by atoms with Crippen molar-refractivity contribution in [3.63, 3.8) is 0 Å². The number of ether oxygens (including phenoxy) is 1. The lowest BCUT2D eigenvalue weighted by atomic mass is 10.2. The van der Waals surface area contributed by atoms with Crippen molar-refractivity contribution in [3.05, 3.63) is 29.6 Å². The lowest BCUT2D eigenvalue weighted by Crippen LogP contribution is -2.52. The van der Waals surface area contributed by atoms with Gasteiger partial charge in [-0.15, -0.1) is 24.0 Å². The summed E-state index contributed by atoms with van der Waals surface area (Å²) >= 11 is 1.48. The minimum absolute atomic E-state index is 0. The summed E-state index contributed by atoms with van der Waals surface area (Å²) in [4.78, 5) is 13.9. The Hall–Kier alpha value is -1.82. The second-order valence-electron chi connectivity index (χ2n) is 6.50. The maximum absolute atomic E-state index is 9.95. The molecule has 8 nitrogen and oxygen atoms in total. The molecular weight excluding hydrogens is 503 g/mol. The minimum Gasteiger partial charge on any atom is -0.504 e. The first-order chi connectivity index (χ1) is 13.6. The molecule has 1 saturated heterocycles. The molecular formula is C19H29IN6O2S. The van der Waals surface area contributed by atoms with Gasteiger partial charge in [0, 0.05) is 50.7 Å². The van der Waals surface area contributed by atoms with Crippen LogP contribution in [0.15, 0.2) is 23.2 Å². The average Bonchev–Trinajstić information content (AvgIpc) is 3.21. The number of piperazine rings is 1. The first-order valence-corrected chi connectivity index (χ1v) is 10.4. The lowest BCUT2D eigenvalue weighted by Gasteiger charge is -2.36. The number of hydrogen-bond donors (Lipinski definition) is 2. The van der Waals surface area contributed by atoms with Crippen LogP contribution in [0.25, 0.3) is 0 Å². The Kier molecular flexibility index (Phi) is 9.21. The van der Waals surface area contributed by atoms with Gasteiger partial charge in [0.25, 0.3) is 0 Å². The van der Waals surface area contributed by atoms with Gasteiger partial charge in [0.1, 0.15) is 5.82 Å². The fourth-order valence-electron chi connectivity index (χ4n) is 3.05. The van der Waals surface area contributed by atoms with E-state index in [0.717, 1.165) is 61.6 Å². The molecule has 29 heavy (non-hydrogen) atoms. The van der Waals surface area contributed by atoms with Crippen LogP contribution in [0.2, 0.25) is 0 Å². The smallest absolute Gasteiger partial charge is 0.205 e. The third-order valence-electron chi connectivity index (χ3n) is 4.61. The third-order valence-corrected chi connectivity index (χ3v) is 5.43. The topological polar surface area (TPSA) is 86.1 Å². The molecule has 2 aromatic rings. The van der Waals surface area contributed by atoms with Crippen molar-refractivity contribution < 1.29 is 9.84 Å². The van der Waals surface area contributed by atoms with Crippen LogP contribution in [0.5, 0.6) is 11.5 Å². The van der Waals surface area contributed by atoms with E-state index in [1.807, 2.05) is 6.07 Å². The number of phenolic OH excluding ortho intramolecular Hbond substituents is 1. The van der Waals surface area contributed by atoms with Crippen molar-refractivity contribution in [1.82, 2.24) is 19.6 Å². The predicted octanol–water partition coefficient (Wildman–Crippen LogP) is 2.72. The molecule has 3 rings (SSSR count). The highest BCUT2D eigenvalue weighted by Crippen LogP contribution is 2.26. The van der Waals surface area contributed by atoms with Gasteiger partial charge < -0.3 is 25.0 Å². The number of methoxy groups -OCH3 is 1. The molecule has 1 fully saturated rings. The van der Waals surface area contributed by atoms with Gasteiger partial charge in [-0.3, -0.25) is 0 Å². The van der Waals surface area contributed by atoms with E-state index >= 15 is 0 Å². The van der Waals surface area contributed by atoms with E-state index in [2.05, 4.69) is 38.3 Å². The van der Waals surface area contributed by atoms with Gasteiger partial charge >= 0.3 is 0 Å². The number of guanidine groups is 1. The van der Waals surface area contributed by atoms with Crippen molar-refractivity contribution in [1.29, 1.82) is 0 Å². The summed E-state index contributed by atoms with van der Waals surface area (Å²) in [7, 11) is 1.54. The number of aromatic hydroxyl groups is 1. The lowest BCUT2D eigenvalue weighted by molar-refractivity contribution is 0.371. The fraction of sp³-hybridized carbons (Fsp3) is 0.526. The number of halogens is 1. The molecule has 0 saturated carbocycles. The minimum atomic E-state index is 0. The maximum Gasteiger partial charge on any atom is 0.205 e. The van der Waals surface area contributed by atoms with E-state index in [0.29, 0.717) is 12.3 Å². The monoisotopic (exact) mass is 532 g/mol. The van der Waals surface area contributed by atoms with Gasteiger partial charge in [0.15, 0.2) is 17.5 Å². The molecule has 0 aliphatic carbocycles. The van der Waals surface area contributed by atoms with Gasteiger partial charge in [0.2, 0.25) is 5.13 Å². The highest BCUT2D eigenvalue weighted by molar-refractivity contribution is 14.0. The fourth-order valence-corrected chi connectivity index (χ4v) is 3.85. The summed E-state index contributed by atoms with van der Waals surface area (Å²) in [5.74, 6) is 2.42. The van der Waals surface area contributed by atoms with Gasteiger partial charge in [-0.2, -0.15) is 4.37 Å². The molecule has 160 valence electrons.